The second-order valence-electron chi connectivity index (χ2n) is 2.01. The molecule has 0 fully saturated rings. The third-order valence-electron chi connectivity index (χ3n) is 1.20. The zero-order chi connectivity index (χ0) is 6.69. The van der Waals surface area contributed by atoms with Crippen LogP contribution in [0.4, 0.5) is 0 Å². The van der Waals surface area contributed by atoms with E-state index in [9.17, 15) is 0 Å². The Labute approximate surface area is 79.0 Å². The molecule has 0 spiro atoms. The Kier molecular flexibility index (Phi) is 7.74. The predicted octanol–water partition coefficient (Wildman–Crippen LogP) is 1.69. The second kappa shape index (κ2) is 6.40. The SMILES string of the molecule is Cc1cc(CN)ccn1.Cl.Cl. The van der Waals surface area contributed by atoms with E-state index in [0.717, 1.165) is 11.3 Å². The maximum absolute atomic E-state index is 5.39. The van der Waals surface area contributed by atoms with Gasteiger partial charge in [-0.2, -0.15) is 0 Å². The molecule has 2 N–H and O–H groups in total. The summed E-state index contributed by atoms with van der Waals surface area (Å²) in [6.07, 6.45) is 1.78. The van der Waals surface area contributed by atoms with Crippen LogP contribution in [-0.4, -0.2) is 4.98 Å². The van der Waals surface area contributed by atoms with Crippen molar-refractivity contribution in [3.63, 3.8) is 0 Å². The number of halogens is 2. The molecule has 0 aliphatic carbocycles. The minimum absolute atomic E-state index is 0. The highest BCUT2D eigenvalue weighted by atomic mass is 35.5. The van der Waals surface area contributed by atoms with Crippen molar-refractivity contribution >= 4 is 24.8 Å². The van der Waals surface area contributed by atoms with Crippen LogP contribution < -0.4 is 5.73 Å². The fourth-order valence-corrected chi connectivity index (χ4v) is 0.731. The van der Waals surface area contributed by atoms with Gasteiger partial charge >= 0.3 is 0 Å². The molecule has 0 aliphatic rings. The van der Waals surface area contributed by atoms with Crippen LogP contribution >= 0.6 is 24.8 Å². The highest BCUT2D eigenvalue weighted by molar-refractivity contribution is 5.85. The van der Waals surface area contributed by atoms with Crippen molar-refractivity contribution in [3.8, 4) is 0 Å². The molecular formula is C7H12Cl2N2. The maximum atomic E-state index is 5.39. The molecule has 1 heterocycles. The molecule has 0 bridgehead atoms. The van der Waals surface area contributed by atoms with Gasteiger partial charge in [0, 0.05) is 18.4 Å². The van der Waals surface area contributed by atoms with Crippen molar-refractivity contribution in [1.82, 2.24) is 4.98 Å². The third kappa shape index (κ3) is 4.19. The number of hydrogen-bond acceptors (Lipinski definition) is 2. The van der Waals surface area contributed by atoms with Gasteiger partial charge in [-0.15, -0.1) is 24.8 Å². The first kappa shape index (κ1) is 13.3. The summed E-state index contributed by atoms with van der Waals surface area (Å²) in [6.45, 7) is 2.56. The maximum Gasteiger partial charge on any atom is 0.0375 e. The lowest BCUT2D eigenvalue weighted by Crippen LogP contribution is -1.96. The van der Waals surface area contributed by atoms with E-state index >= 15 is 0 Å². The van der Waals surface area contributed by atoms with Gasteiger partial charge in [-0.3, -0.25) is 4.98 Å². The molecule has 0 saturated carbocycles. The molecule has 2 nitrogen and oxygen atoms in total. The third-order valence-corrected chi connectivity index (χ3v) is 1.20. The van der Waals surface area contributed by atoms with Crippen molar-refractivity contribution < 1.29 is 0 Å². The minimum Gasteiger partial charge on any atom is -0.326 e. The molecule has 0 saturated heterocycles. The number of rotatable bonds is 1. The Morgan fingerprint density at radius 1 is 1.45 bits per heavy atom. The average molecular weight is 195 g/mol. The van der Waals surface area contributed by atoms with Crippen molar-refractivity contribution in [3.05, 3.63) is 29.6 Å². The molecule has 0 aliphatic heterocycles. The Morgan fingerprint density at radius 3 is 2.45 bits per heavy atom. The first-order valence-electron chi connectivity index (χ1n) is 2.94. The van der Waals surface area contributed by atoms with E-state index < -0.39 is 0 Å². The van der Waals surface area contributed by atoms with Crippen LogP contribution in [0, 0.1) is 6.92 Å². The fraction of sp³-hybridized carbons (Fsp3) is 0.286. The Bertz CT molecular complexity index is 203. The summed E-state index contributed by atoms with van der Waals surface area (Å²) < 4.78 is 0. The van der Waals surface area contributed by atoms with Gasteiger partial charge in [-0.25, -0.2) is 0 Å². The zero-order valence-electron chi connectivity index (χ0n) is 6.28. The van der Waals surface area contributed by atoms with E-state index in [1.165, 1.54) is 0 Å². The summed E-state index contributed by atoms with van der Waals surface area (Å²) >= 11 is 0. The number of aromatic nitrogens is 1. The molecular weight excluding hydrogens is 183 g/mol. The second-order valence-corrected chi connectivity index (χ2v) is 2.01. The molecule has 1 aromatic heterocycles. The molecule has 11 heavy (non-hydrogen) atoms. The smallest absolute Gasteiger partial charge is 0.0375 e. The van der Waals surface area contributed by atoms with Crippen LogP contribution in [0.5, 0.6) is 0 Å². The van der Waals surface area contributed by atoms with Crippen LogP contribution in [0.15, 0.2) is 18.3 Å². The van der Waals surface area contributed by atoms with Crippen LogP contribution in [0.2, 0.25) is 0 Å². The standard InChI is InChI=1S/C7H10N2.2ClH/c1-6-4-7(5-8)2-3-9-6;;/h2-4H,5,8H2,1H3;2*1H. The van der Waals surface area contributed by atoms with Crippen molar-refractivity contribution in [1.29, 1.82) is 0 Å². The summed E-state index contributed by atoms with van der Waals surface area (Å²) in [7, 11) is 0. The fourth-order valence-electron chi connectivity index (χ4n) is 0.731. The Hall–Kier alpha value is -0.310. The molecule has 0 atom stereocenters. The van der Waals surface area contributed by atoms with E-state index in [0.29, 0.717) is 6.54 Å². The molecule has 0 radical (unpaired) electrons. The molecule has 4 heteroatoms. The lowest BCUT2D eigenvalue weighted by atomic mass is 10.2. The van der Waals surface area contributed by atoms with E-state index in [-0.39, 0.29) is 24.8 Å². The minimum atomic E-state index is 0. The normalized spacial score (nSPS) is 7.82. The van der Waals surface area contributed by atoms with Gasteiger partial charge in [0.05, 0.1) is 0 Å². The monoisotopic (exact) mass is 194 g/mol. The number of hydrogen-bond donors (Lipinski definition) is 1. The van der Waals surface area contributed by atoms with Gasteiger partial charge < -0.3 is 5.73 Å². The average Bonchev–Trinajstić information content (AvgIpc) is 1.88. The highest BCUT2D eigenvalue weighted by Gasteiger charge is 1.87. The van der Waals surface area contributed by atoms with Gasteiger partial charge in [-0.1, -0.05) is 0 Å². The molecule has 0 aromatic carbocycles. The largest absolute Gasteiger partial charge is 0.326 e. The van der Waals surface area contributed by atoms with E-state index in [1.807, 2.05) is 19.1 Å². The molecule has 0 amide bonds. The molecule has 1 aromatic rings. The predicted molar refractivity (Wildman–Crippen MR) is 51.4 cm³/mol. The zero-order valence-corrected chi connectivity index (χ0v) is 7.91. The quantitative estimate of drug-likeness (QED) is 0.740. The van der Waals surface area contributed by atoms with Gasteiger partial charge in [0.1, 0.15) is 0 Å². The number of nitrogens with zero attached hydrogens (tertiary/aromatic N) is 1. The van der Waals surface area contributed by atoms with Crippen molar-refractivity contribution in [2.75, 3.05) is 0 Å². The van der Waals surface area contributed by atoms with Gasteiger partial charge in [0.2, 0.25) is 0 Å². The summed E-state index contributed by atoms with van der Waals surface area (Å²) in [5.74, 6) is 0. The molecule has 0 unspecified atom stereocenters. The van der Waals surface area contributed by atoms with Crippen LogP contribution in [-0.2, 0) is 6.54 Å². The lowest BCUT2D eigenvalue weighted by Gasteiger charge is -1.94. The van der Waals surface area contributed by atoms with Crippen LogP contribution in [0.1, 0.15) is 11.3 Å². The van der Waals surface area contributed by atoms with E-state index in [4.69, 9.17) is 5.73 Å². The Morgan fingerprint density at radius 2 is 2.09 bits per heavy atom. The van der Waals surface area contributed by atoms with Crippen LogP contribution in [0.25, 0.3) is 0 Å². The lowest BCUT2D eigenvalue weighted by molar-refractivity contribution is 1.04. The van der Waals surface area contributed by atoms with Gasteiger partial charge in [0.25, 0.3) is 0 Å². The van der Waals surface area contributed by atoms with Gasteiger partial charge in [0.15, 0.2) is 0 Å². The van der Waals surface area contributed by atoms with Crippen LogP contribution in [0.3, 0.4) is 0 Å². The number of pyridine rings is 1. The topological polar surface area (TPSA) is 38.9 Å². The number of aryl methyl sites for hydroxylation is 1. The first-order chi connectivity index (χ1) is 4.33. The first-order valence-corrected chi connectivity index (χ1v) is 2.94. The van der Waals surface area contributed by atoms with E-state index in [1.54, 1.807) is 6.20 Å². The molecule has 1 rings (SSSR count). The molecule has 64 valence electrons. The summed E-state index contributed by atoms with van der Waals surface area (Å²) in [6, 6.07) is 3.91. The van der Waals surface area contributed by atoms with Crippen molar-refractivity contribution in [2.24, 2.45) is 5.73 Å². The number of nitrogens with two attached hydrogens (primary N) is 1. The summed E-state index contributed by atoms with van der Waals surface area (Å²) in [5, 5.41) is 0. The van der Waals surface area contributed by atoms with Gasteiger partial charge in [-0.05, 0) is 24.6 Å². The van der Waals surface area contributed by atoms with Crippen molar-refractivity contribution in [2.45, 2.75) is 13.5 Å². The van der Waals surface area contributed by atoms with E-state index in [2.05, 4.69) is 4.98 Å². The Balaban J connectivity index is 0. The highest BCUT2D eigenvalue weighted by Crippen LogP contribution is 1.97. The summed E-state index contributed by atoms with van der Waals surface area (Å²) in [5.41, 5.74) is 7.56. The summed E-state index contributed by atoms with van der Waals surface area (Å²) in [4.78, 5) is 4.03.